The molecule has 2 unspecified atom stereocenters. The van der Waals surface area contributed by atoms with Crippen LogP contribution in [-0.4, -0.2) is 72.4 Å². The van der Waals surface area contributed by atoms with Crippen molar-refractivity contribution in [3.63, 3.8) is 0 Å². The number of carbonyl (C=O) groups is 1. The van der Waals surface area contributed by atoms with Gasteiger partial charge in [0.05, 0.1) is 12.7 Å². The number of nitrogens with zero attached hydrogens (tertiary/aromatic N) is 2. The molecular weight excluding hydrogens is 244 g/mol. The average molecular weight is 270 g/mol. The van der Waals surface area contributed by atoms with Crippen LogP contribution in [0.15, 0.2) is 0 Å². The van der Waals surface area contributed by atoms with Gasteiger partial charge < -0.3 is 14.7 Å². The van der Waals surface area contributed by atoms with Crippen LogP contribution in [0.3, 0.4) is 0 Å². The van der Waals surface area contributed by atoms with Crippen LogP contribution in [-0.2, 0) is 9.53 Å². The number of hydrogen-bond acceptors (Lipinski definition) is 4. The molecule has 0 bridgehead atoms. The summed E-state index contributed by atoms with van der Waals surface area (Å²) in [5.74, 6) is 0.299. The van der Waals surface area contributed by atoms with Crippen LogP contribution >= 0.6 is 0 Å². The Morgan fingerprint density at radius 1 is 1.47 bits per heavy atom. The molecule has 0 aromatic carbocycles. The second kappa shape index (κ2) is 7.22. The van der Waals surface area contributed by atoms with Gasteiger partial charge in [-0.1, -0.05) is 13.3 Å². The summed E-state index contributed by atoms with van der Waals surface area (Å²) in [5, 5.41) is 9.95. The number of aliphatic hydroxyl groups excluding tert-OH is 1. The zero-order chi connectivity index (χ0) is 13.7. The van der Waals surface area contributed by atoms with Gasteiger partial charge in [0.2, 0.25) is 5.91 Å². The molecule has 1 N–H and O–H groups in total. The molecule has 5 heteroatoms. The molecule has 0 aliphatic carbocycles. The Hall–Kier alpha value is -0.650. The predicted octanol–water partition coefficient (Wildman–Crippen LogP) is 0.471. The first kappa shape index (κ1) is 14.8. The number of unbranched alkanes of at least 4 members (excludes halogenated alkanes) is 1. The Balaban J connectivity index is 1.65. The largest absolute Gasteiger partial charge is 0.389 e. The molecule has 0 saturated carbocycles. The van der Waals surface area contributed by atoms with Crippen LogP contribution in [0.25, 0.3) is 0 Å². The van der Waals surface area contributed by atoms with E-state index in [2.05, 4.69) is 11.8 Å². The van der Waals surface area contributed by atoms with Crippen molar-refractivity contribution in [3.8, 4) is 0 Å². The minimum Gasteiger partial charge on any atom is -0.389 e. The van der Waals surface area contributed by atoms with E-state index in [1.807, 2.05) is 4.90 Å². The minimum absolute atomic E-state index is 0.299. The third-order valence-corrected chi connectivity index (χ3v) is 4.00. The molecule has 0 aromatic heterocycles. The summed E-state index contributed by atoms with van der Waals surface area (Å²) in [6.45, 7) is 6.52. The van der Waals surface area contributed by atoms with E-state index in [4.69, 9.17) is 4.74 Å². The van der Waals surface area contributed by atoms with Crippen molar-refractivity contribution in [1.82, 2.24) is 9.80 Å². The number of fused-ring (bicyclic) bond motifs is 1. The topological polar surface area (TPSA) is 53.0 Å². The second-order valence-electron chi connectivity index (χ2n) is 5.62. The standard InChI is InChI=1S/C14H26N2O3/c1-2-3-8-19-11-13(17)10-15-6-7-16-12(9-15)4-5-14(16)18/h12-13,17H,2-11H2,1H3. The van der Waals surface area contributed by atoms with Gasteiger partial charge in [0.15, 0.2) is 0 Å². The van der Waals surface area contributed by atoms with Crippen LogP contribution in [0.4, 0.5) is 0 Å². The molecule has 19 heavy (non-hydrogen) atoms. The van der Waals surface area contributed by atoms with Crippen LogP contribution in [0.5, 0.6) is 0 Å². The number of aliphatic hydroxyl groups is 1. The molecule has 2 fully saturated rings. The van der Waals surface area contributed by atoms with E-state index in [1.54, 1.807) is 0 Å². The van der Waals surface area contributed by atoms with Crippen molar-refractivity contribution >= 4 is 5.91 Å². The van der Waals surface area contributed by atoms with Gasteiger partial charge in [-0.25, -0.2) is 0 Å². The molecule has 0 aromatic rings. The quantitative estimate of drug-likeness (QED) is 0.683. The van der Waals surface area contributed by atoms with Crippen molar-refractivity contribution in [3.05, 3.63) is 0 Å². The lowest BCUT2D eigenvalue weighted by atomic mass is 10.1. The average Bonchev–Trinajstić information content (AvgIpc) is 2.76. The summed E-state index contributed by atoms with van der Waals surface area (Å²) in [6, 6.07) is 0.370. The molecule has 5 nitrogen and oxygen atoms in total. The number of amides is 1. The van der Waals surface area contributed by atoms with Gasteiger partial charge in [-0.3, -0.25) is 9.69 Å². The Bertz CT molecular complexity index is 298. The van der Waals surface area contributed by atoms with Crippen LogP contribution < -0.4 is 0 Å². The fraction of sp³-hybridized carbons (Fsp3) is 0.929. The fourth-order valence-electron chi connectivity index (χ4n) is 2.91. The van der Waals surface area contributed by atoms with E-state index in [1.165, 1.54) is 0 Å². The molecule has 110 valence electrons. The lowest BCUT2D eigenvalue weighted by Crippen LogP contribution is -2.53. The summed E-state index contributed by atoms with van der Waals surface area (Å²) >= 11 is 0. The summed E-state index contributed by atoms with van der Waals surface area (Å²) in [7, 11) is 0. The molecule has 0 radical (unpaired) electrons. The van der Waals surface area contributed by atoms with E-state index >= 15 is 0 Å². The first-order chi connectivity index (χ1) is 9.20. The van der Waals surface area contributed by atoms with Gasteiger partial charge in [0.1, 0.15) is 0 Å². The highest BCUT2D eigenvalue weighted by atomic mass is 16.5. The van der Waals surface area contributed by atoms with Crippen molar-refractivity contribution in [2.45, 2.75) is 44.8 Å². The molecule has 2 heterocycles. The Kier molecular flexibility index (Phi) is 5.60. The van der Waals surface area contributed by atoms with Gasteiger partial charge in [-0.05, 0) is 12.8 Å². The Morgan fingerprint density at radius 3 is 3.11 bits per heavy atom. The predicted molar refractivity (Wildman–Crippen MR) is 72.9 cm³/mol. The maximum atomic E-state index is 11.6. The smallest absolute Gasteiger partial charge is 0.222 e. The number of rotatable bonds is 7. The van der Waals surface area contributed by atoms with Crippen LogP contribution in [0, 0.1) is 0 Å². The van der Waals surface area contributed by atoms with Gasteiger partial charge >= 0.3 is 0 Å². The summed E-state index contributed by atoms with van der Waals surface area (Å²) < 4.78 is 5.44. The first-order valence-electron chi connectivity index (χ1n) is 7.48. The lowest BCUT2D eigenvalue weighted by molar-refractivity contribution is -0.130. The minimum atomic E-state index is -0.416. The van der Waals surface area contributed by atoms with Gasteiger partial charge in [-0.2, -0.15) is 0 Å². The molecule has 1 amide bonds. The highest BCUT2D eigenvalue weighted by Crippen LogP contribution is 2.22. The third kappa shape index (κ3) is 4.16. The van der Waals surface area contributed by atoms with Gasteiger partial charge in [0.25, 0.3) is 0 Å². The monoisotopic (exact) mass is 270 g/mol. The lowest BCUT2D eigenvalue weighted by Gasteiger charge is -2.38. The van der Waals surface area contributed by atoms with Crippen LogP contribution in [0.1, 0.15) is 32.6 Å². The molecular formula is C14H26N2O3. The molecule has 2 aliphatic rings. The highest BCUT2D eigenvalue weighted by molar-refractivity contribution is 5.78. The summed E-state index contributed by atoms with van der Waals surface area (Å²) in [6.07, 6.45) is 3.42. The maximum absolute atomic E-state index is 11.6. The zero-order valence-corrected chi connectivity index (χ0v) is 11.9. The fourth-order valence-corrected chi connectivity index (χ4v) is 2.91. The number of carbonyl (C=O) groups excluding carboxylic acids is 1. The number of ether oxygens (including phenoxy) is 1. The van der Waals surface area contributed by atoms with Crippen molar-refractivity contribution in [2.75, 3.05) is 39.4 Å². The molecule has 2 saturated heterocycles. The van der Waals surface area contributed by atoms with E-state index in [0.29, 0.717) is 31.5 Å². The van der Waals surface area contributed by atoms with Gasteiger partial charge in [-0.15, -0.1) is 0 Å². The Morgan fingerprint density at radius 2 is 2.32 bits per heavy atom. The molecule has 2 aliphatic heterocycles. The van der Waals surface area contributed by atoms with E-state index < -0.39 is 6.10 Å². The number of hydrogen-bond donors (Lipinski definition) is 1. The Labute approximate surface area is 115 Å². The van der Waals surface area contributed by atoms with Crippen molar-refractivity contribution in [1.29, 1.82) is 0 Å². The third-order valence-electron chi connectivity index (χ3n) is 4.00. The van der Waals surface area contributed by atoms with Crippen molar-refractivity contribution < 1.29 is 14.6 Å². The number of β-amino-alcohol motifs (C(OH)–C–C–N with tert-alkyl or cyclic N) is 1. The number of piperazine rings is 1. The van der Waals surface area contributed by atoms with Crippen molar-refractivity contribution in [2.24, 2.45) is 0 Å². The molecule has 2 atom stereocenters. The van der Waals surface area contributed by atoms with E-state index in [0.717, 1.165) is 45.5 Å². The maximum Gasteiger partial charge on any atom is 0.222 e. The second-order valence-corrected chi connectivity index (χ2v) is 5.62. The first-order valence-corrected chi connectivity index (χ1v) is 7.48. The van der Waals surface area contributed by atoms with Crippen LogP contribution in [0.2, 0.25) is 0 Å². The van der Waals surface area contributed by atoms with E-state index in [9.17, 15) is 9.90 Å². The highest BCUT2D eigenvalue weighted by Gasteiger charge is 2.35. The zero-order valence-electron chi connectivity index (χ0n) is 11.9. The van der Waals surface area contributed by atoms with E-state index in [-0.39, 0.29) is 0 Å². The normalized spacial score (nSPS) is 25.7. The summed E-state index contributed by atoms with van der Waals surface area (Å²) in [5.41, 5.74) is 0. The SMILES string of the molecule is CCCCOCC(O)CN1CCN2C(=O)CCC2C1. The summed E-state index contributed by atoms with van der Waals surface area (Å²) in [4.78, 5) is 15.8. The molecule has 2 rings (SSSR count). The molecule has 0 spiro atoms. The van der Waals surface area contributed by atoms with Gasteiger partial charge in [0, 0.05) is 45.2 Å².